The standard InChI is InChI=1S/C17H15ClN4O2/c1-11(24-14-9-7-13(18)8-10-14)16(23)20-17-19-15(21-22-17)12-5-3-2-4-6-12/h2-11H,1H3,(H2,19,20,21,22,23). The van der Waals surface area contributed by atoms with Gasteiger partial charge >= 0.3 is 0 Å². The summed E-state index contributed by atoms with van der Waals surface area (Å²) in [4.78, 5) is 16.4. The number of aromatic nitrogens is 3. The van der Waals surface area contributed by atoms with Gasteiger partial charge in [0.05, 0.1) is 0 Å². The van der Waals surface area contributed by atoms with Crippen LogP contribution in [0.1, 0.15) is 6.92 Å². The number of ether oxygens (including phenoxy) is 1. The fraction of sp³-hybridized carbons (Fsp3) is 0.118. The molecule has 1 atom stereocenters. The highest BCUT2D eigenvalue weighted by molar-refractivity contribution is 6.30. The Bertz CT molecular complexity index is 818. The summed E-state index contributed by atoms with van der Waals surface area (Å²) >= 11 is 5.82. The molecule has 2 aromatic carbocycles. The molecule has 0 spiro atoms. The quantitative estimate of drug-likeness (QED) is 0.743. The smallest absolute Gasteiger partial charge is 0.267 e. The molecule has 6 nitrogen and oxygen atoms in total. The molecule has 3 rings (SSSR count). The third-order valence-electron chi connectivity index (χ3n) is 3.25. The van der Waals surface area contributed by atoms with Gasteiger partial charge in [0.2, 0.25) is 5.95 Å². The number of carbonyl (C=O) groups is 1. The minimum absolute atomic E-state index is 0.269. The highest BCUT2D eigenvalue weighted by Gasteiger charge is 2.17. The number of hydrogen-bond donors (Lipinski definition) is 2. The van der Waals surface area contributed by atoms with Gasteiger partial charge in [0.15, 0.2) is 11.9 Å². The Kier molecular flexibility index (Phi) is 4.77. The van der Waals surface area contributed by atoms with Crippen LogP contribution in [-0.2, 0) is 4.79 Å². The summed E-state index contributed by atoms with van der Waals surface area (Å²) in [5.41, 5.74) is 0.861. The molecular formula is C17H15ClN4O2. The monoisotopic (exact) mass is 342 g/mol. The number of amides is 1. The lowest BCUT2D eigenvalue weighted by Gasteiger charge is -2.13. The summed E-state index contributed by atoms with van der Waals surface area (Å²) in [6.07, 6.45) is -0.698. The van der Waals surface area contributed by atoms with Crippen molar-refractivity contribution in [3.8, 4) is 17.1 Å². The number of rotatable bonds is 5. The number of hydrogen-bond acceptors (Lipinski definition) is 4. The average Bonchev–Trinajstić information content (AvgIpc) is 3.06. The van der Waals surface area contributed by atoms with Crippen molar-refractivity contribution in [3.63, 3.8) is 0 Å². The minimum Gasteiger partial charge on any atom is -0.481 e. The van der Waals surface area contributed by atoms with Crippen LogP contribution in [0.3, 0.4) is 0 Å². The number of anilines is 1. The summed E-state index contributed by atoms with van der Waals surface area (Å²) in [7, 11) is 0. The van der Waals surface area contributed by atoms with E-state index in [1.807, 2.05) is 30.3 Å². The van der Waals surface area contributed by atoms with Gasteiger partial charge in [0, 0.05) is 10.6 Å². The zero-order valence-electron chi connectivity index (χ0n) is 12.9. The number of aromatic amines is 1. The zero-order valence-corrected chi connectivity index (χ0v) is 13.6. The van der Waals surface area contributed by atoms with Crippen molar-refractivity contribution in [2.24, 2.45) is 0 Å². The molecule has 0 aliphatic heterocycles. The van der Waals surface area contributed by atoms with Crippen molar-refractivity contribution in [2.45, 2.75) is 13.0 Å². The average molecular weight is 343 g/mol. The van der Waals surface area contributed by atoms with Gasteiger partial charge in [-0.2, -0.15) is 10.1 Å². The lowest BCUT2D eigenvalue weighted by atomic mass is 10.2. The highest BCUT2D eigenvalue weighted by atomic mass is 35.5. The normalized spacial score (nSPS) is 11.8. The van der Waals surface area contributed by atoms with E-state index in [-0.39, 0.29) is 11.9 Å². The molecule has 0 bridgehead atoms. The number of benzene rings is 2. The van der Waals surface area contributed by atoms with Crippen LogP contribution < -0.4 is 10.1 Å². The van der Waals surface area contributed by atoms with E-state index < -0.39 is 6.10 Å². The Balaban J connectivity index is 1.62. The Morgan fingerprint density at radius 1 is 1.17 bits per heavy atom. The van der Waals surface area contributed by atoms with Crippen LogP contribution in [0.5, 0.6) is 5.75 Å². The summed E-state index contributed by atoms with van der Waals surface area (Å²) in [6.45, 7) is 1.65. The van der Waals surface area contributed by atoms with Crippen molar-refractivity contribution >= 4 is 23.5 Å². The molecule has 0 fully saturated rings. The van der Waals surface area contributed by atoms with Crippen LogP contribution in [-0.4, -0.2) is 27.2 Å². The molecule has 1 amide bonds. The van der Waals surface area contributed by atoms with Crippen LogP contribution in [0.25, 0.3) is 11.4 Å². The molecule has 7 heteroatoms. The molecule has 122 valence electrons. The van der Waals surface area contributed by atoms with Gasteiger partial charge in [0.25, 0.3) is 5.91 Å². The van der Waals surface area contributed by atoms with Gasteiger partial charge in [-0.25, -0.2) is 5.10 Å². The molecule has 2 N–H and O–H groups in total. The molecule has 0 aliphatic carbocycles. The van der Waals surface area contributed by atoms with Crippen LogP contribution >= 0.6 is 11.6 Å². The van der Waals surface area contributed by atoms with Crippen molar-refractivity contribution in [1.82, 2.24) is 15.2 Å². The van der Waals surface area contributed by atoms with Crippen molar-refractivity contribution in [3.05, 3.63) is 59.6 Å². The van der Waals surface area contributed by atoms with Crippen molar-refractivity contribution in [2.75, 3.05) is 5.32 Å². The number of carbonyl (C=O) groups excluding carboxylic acids is 1. The molecule has 1 unspecified atom stereocenters. The van der Waals surface area contributed by atoms with E-state index in [0.29, 0.717) is 16.6 Å². The van der Waals surface area contributed by atoms with E-state index in [4.69, 9.17) is 16.3 Å². The fourth-order valence-electron chi connectivity index (χ4n) is 2.02. The maximum atomic E-state index is 12.2. The second-order valence-electron chi connectivity index (χ2n) is 5.08. The lowest BCUT2D eigenvalue weighted by Crippen LogP contribution is -2.30. The van der Waals surface area contributed by atoms with Gasteiger partial charge in [-0.15, -0.1) is 0 Å². The maximum Gasteiger partial charge on any atom is 0.267 e. The summed E-state index contributed by atoms with van der Waals surface area (Å²) in [6, 6.07) is 16.3. The second-order valence-corrected chi connectivity index (χ2v) is 5.51. The molecule has 0 aliphatic rings. The van der Waals surface area contributed by atoms with E-state index in [1.54, 1.807) is 31.2 Å². The fourth-order valence-corrected chi connectivity index (χ4v) is 2.15. The Labute approximate surface area is 143 Å². The third kappa shape index (κ3) is 3.91. The molecule has 1 heterocycles. The number of nitrogens with zero attached hydrogens (tertiary/aromatic N) is 2. The minimum atomic E-state index is -0.698. The topological polar surface area (TPSA) is 79.9 Å². The largest absolute Gasteiger partial charge is 0.481 e. The van der Waals surface area contributed by atoms with Gasteiger partial charge in [-0.3, -0.25) is 10.1 Å². The summed E-state index contributed by atoms with van der Waals surface area (Å²) < 4.78 is 5.56. The summed E-state index contributed by atoms with van der Waals surface area (Å²) in [5, 5.41) is 10.0. The first-order valence-corrected chi connectivity index (χ1v) is 7.70. The molecule has 0 radical (unpaired) electrons. The van der Waals surface area contributed by atoms with E-state index in [2.05, 4.69) is 20.5 Å². The molecular weight excluding hydrogens is 328 g/mol. The molecule has 24 heavy (non-hydrogen) atoms. The second kappa shape index (κ2) is 7.14. The first-order chi connectivity index (χ1) is 11.6. The van der Waals surface area contributed by atoms with Gasteiger partial charge in [0.1, 0.15) is 5.75 Å². The number of nitrogens with one attached hydrogen (secondary N) is 2. The molecule has 0 saturated carbocycles. The Morgan fingerprint density at radius 3 is 2.58 bits per heavy atom. The van der Waals surface area contributed by atoms with E-state index in [9.17, 15) is 4.79 Å². The Hall–Kier alpha value is -2.86. The van der Waals surface area contributed by atoms with E-state index >= 15 is 0 Å². The zero-order chi connectivity index (χ0) is 16.9. The van der Waals surface area contributed by atoms with E-state index in [0.717, 1.165) is 5.56 Å². The maximum absolute atomic E-state index is 12.2. The predicted octanol–water partition coefficient (Wildman–Crippen LogP) is 3.53. The van der Waals surface area contributed by atoms with Gasteiger partial charge < -0.3 is 4.74 Å². The van der Waals surface area contributed by atoms with E-state index in [1.165, 1.54) is 0 Å². The Morgan fingerprint density at radius 2 is 1.88 bits per heavy atom. The molecule has 1 aromatic heterocycles. The molecule has 0 saturated heterocycles. The van der Waals surface area contributed by atoms with Crippen LogP contribution in [0.15, 0.2) is 54.6 Å². The lowest BCUT2D eigenvalue weighted by molar-refractivity contribution is -0.122. The third-order valence-corrected chi connectivity index (χ3v) is 3.51. The van der Waals surface area contributed by atoms with Crippen molar-refractivity contribution in [1.29, 1.82) is 0 Å². The van der Waals surface area contributed by atoms with Gasteiger partial charge in [-0.1, -0.05) is 41.9 Å². The summed E-state index contributed by atoms with van der Waals surface area (Å²) in [5.74, 6) is 1.01. The number of halogens is 1. The number of H-pyrrole nitrogens is 1. The first-order valence-electron chi connectivity index (χ1n) is 7.33. The van der Waals surface area contributed by atoms with Crippen LogP contribution in [0.4, 0.5) is 5.95 Å². The van der Waals surface area contributed by atoms with Crippen molar-refractivity contribution < 1.29 is 9.53 Å². The highest BCUT2D eigenvalue weighted by Crippen LogP contribution is 2.18. The predicted molar refractivity (Wildman–Crippen MR) is 92.0 cm³/mol. The van der Waals surface area contributed by atoms with Crippen LogP contribution in [0.2, 0.25) is 5.02 Å². The first kappa shape index (κ1) is 16.0. The van der Waals surface area contributed by atoms with Gasteiger partial charge in [-0.05, 0) is 31.2 Å². The SMILES string of the molecule is CC(Oc1ccc(Cl)cc1)C(=O)Nc1nc(-c2ccccc2)n[nH]1. The molecule has 3 aromatic rings. The van der Waals surface area contributed by atoms with Crippen LogP contribution in [0, 0.1) is 0 Å².